The summed E-state index contributed by atoms with van der Waals surface area (Å²) in [5.74, 6) is 0.551. The molecule has 20 heavy (non-hydrogen) atoms. The van der Waals surface area contributed by atoms with Crippen LogP contribution < -0.4 is 18.9 Å². The first kappa shape index (κ1) is 14.2. The second-order valence-electron chi connectivity index (χ2n) is 4.02. The molecule has 0 aliphatic heterocycles. The Kier molecular flexibility index (Phi) is 4.46. The third kappa shape index (κ3) is 2.69. The van der Waals surface area contributed by atoms with Crippen LogP contribution in [0.3, 0.4) is 0 Å². The van der Waals surface area contributed by atoms with Gasteiger partial charge in [-0.05, 0) is 16.3 Å². The van der Waals surface area contributed by atoms with E-state index < -0.39 is 0 Å². The average Bonchev–Trinajstić information content (AvgIpc) is 3.01. The quantitative estimate of drug-likeness (QED) is 0.500. The van der Waals surface area contributed by atoms with Crippen molar-refractivity contribution in [3.05, 3.63) is 54.1 Å². The van der Waals surface area contributed by atoms with E-state index in [1.54, 1.807) is 12.1 Å². The molecule has 2 aromatic carbocycles. The van der Waals surface area contributed by atoms with Gasteiger partial charge in [-0.25, -0.2) is 0 Å². The zero-order valence-electron chi connectivity index (χ0n) is 10.9. The Bertz CT molecular complexity index is 695. The second kappa shape index (κ2) is 6.29. The molecule has 1 heterocycles. The molecule has 1 N–H and O–H groups in total. The molecule has 6 heteroatoms. The van der Waals surface area contributed by atoms with Gasteiger partial charge in [0.25, 0.3) is 0 Å². The van der Waals surface area contributed by atoms with E-state index in [1.807, 2.05) is 36.4 Å². The van der Waals surface area contributed by atoms with Crippen molar-refractivity contribution in [3.63, 3.8) is 0 Å². The van der Waals surface area contributed by atoms with Crippen molar-refractivity contribution in [3.8, 4) is 22.5 Å². The number of tetrazole rings is 1. The van der Waals surface area contributed by atoms with Crippen molar-refractivity contribution < 1.29 is 23.7 Å². The molecule has 5 nitrogen and oxygen atoms in total. The average molecular weight is 257 g/mol. The molecule has 0 saturated carbocycles. The predicted molar refractivity (Wildman–Crippen MR) is 70.4 cm³/mol. The van der Waals surface area contributed by atoms with E-state index in [9.17, 15) is 4.79 Å². The Morgan fingerprint density at radius 3 is 2.25 bits per heavy atom. The van der Waals surface area contributed by atoms with Crippen LogP contribution in [0.5, 0.6) is 0 Å². The summed E-state index contributed by atoms with van der Waals surface area (Å²) >= 11 is 0. The minimum absolute atomic E-state index is 0. The summed E-state index contributed by atoms with van der Waals surface area (Å²) < 4.78 is 0. The zero-order chi connectivity index (χ0) is 13.1. The molecule has 3 aromatic rings. The van der Waals surface area contributed by atoms with Crippen LogP contribution in [0.25, 0.3) is 22.5 Å². The summed E-state index contributed by atoms with van der Waals surface area (Å²) in [7, 11) is 0. The SMILES string of the molecule is O=Cc1ccc(-c2ccccc2-c2nn[nH]n2)cc1.[Li+]. The summed E-state index contributed by atoms with van der Waals surface area (Å²) in [6, 6.07) is 15.2. The third-order valence-corrected chi connectivity index (χ3v) is 2.87. The number of rotatable bonds is 3. The number of H-pyrrole nitrogens is 1. The molecule has 0 atom stereocenters. The number of hydrogen-bond acceptors (Lipinski definition) is 4. The number of aromatic nitrogens is 4. The molecule has 0 aliphatic rings. The molecule has 0 bridgehead atoms. The number of carbonyl (C=O) groups excluding carboxylic acids is 1. The Morgan fingerprint density at radius 1 is 0.950 bits per heavy atom. The molecule has 0 amide bonds. The summed E-state index contributed by atoms with van der Waals surface area (Å²) in [6.45, 7) is 0. The minimum Gasteiger partial charge on any atom is -0.298 e. The molecule has 0 fully saturated rings. The van der Waals surface area contributed by atoms with Gasteiger partial charge in [0.05, 0.1) is 0 Å². The van der Waals surface area contributed by atoms with Crippen LogP contribution in [0.4, 0.5) is 0 Å². The van der Waals surface area contributed by atoms with Gasteiger partial charge in [0.15, 0.2) is 0 Å². The maximum absolute atomic E-state index is 10.7. The summed E-state index contributed by atoms with van der Waals surface area (Å²) in [6.07, 6.45) is 0.828. The van der Waals surface area contributed by atoms with Gasteiger partial charge in [-0.1, -0.05) is 48.5 Å². The Labute approximate surface area is 127 Å². The normalized spacial score (nSPS) is 9.80. The number of nitrogens with zero attached hydrogens (tertiary/aromatic N) is 3. The number of carbonyl (C=O) groups is 1. The standard InChI is InChI=1S/C14H10N4O.Li/c19-9-10-5-7-11(8-6-10)12-3-1-2-4-13(12)14-15-17-18-16-14;/h1-9H,(H,15,16,17,18);/q;+1. The van der Waals surface area contributed by atoms with Crippen LogP contribution in [0.2, 0.25) is 0 Å². The summed E-state index contributed by atoms with van der Waals surface area (Å²) in [5, 5.41) is 14.0. The predicted octanol–water partition coefficient (Wildman–Crippen LogP) is -0.650. The van der Waals surface area contributed by atoms with E-state index in [4.69, 9.17) is 0 Å². The molecule has 92 valence electrons. The van der Waals surface area contributed by atoms with Crippen molar-refractivity contribution in [1.29, 1.82) is 0 Å². The molecular formula is C14H10LiN4O+. The Balaban J connectivity index is 0.00000147. The van der Waals surface area contributed by atoms with Gasteiger partial charge in [-0.2, -0.15) is 5.21 Å². The van der Waals surface area contributed by atoms with E-state index in [1.165, 1.54) is 0 Å². The van der Waals surface area contributed by atoms with Crippen molar-refractivity contribution in [2.24, 2.45) is 0 Å². The fourth-order valence-electron chi connectivity index (χ4n) is 1.95. The Morgan fingerprint density at radius 2 is 1.65 bits per heavy atom. The van der Waals surface area contributed by atoms with Crippen LogP contribution in [0.1, 0.15) is 10.4 Å². The van der Waals surface area contributed by atoms with Crippen molar-refractivity contribution >= 4 is 6.29 Å². The number of aromatic amines is 1. The van der Waals surface area contributed by atoms with Gasteiger partial charge < -0.3 is 0 Å². The van der Waals surface area contributed by atoms with Gasteiger partial charge in [0, 0.05) is 11.1 Å². The van der Waals surface area contributed by atoms with Crippen LogP contribution in [0.15, 0.2) is 48.5 Å². The number of aldehydes is 1. The Hall–Kier alpha value is -2.22. The van der Waals surface area contributed by atoms with Crippen molar-refractivity contribution in [2.45, 2.75) is 0 Å². The van der Waals surface area contributed by atoms with Crippen LogP contribution in [0, 0.1) is 0 Å². The number of benzene rings is 2. The van der Waals surface area contributed by atoms with Crippen LogP contribution in [-0.4, -0.2) is 26.9 Å². The third-order valence-electron chi connectivity index (χ3n) is 2.87. The van der Waals surface area contributed by atoms with E-state index in [0.29, 0.717) is 11.4 Å². The van der Waals surface area contributed by atoms with Gasteiger partial charge in [0.2, 0.25) is 5.82 Å². The molecule has 0 unspecified atom stereocenters. The monoisotopic (exact) mass is 257 g/mol. The van der Waals surface area contributed by atoms with Crippen molar-refractivity contribution in [2.75, 3.05) is 0 Å². The smallest absolute Gasteiger partial charge is 0.298 e. The second-order valence-corrected chi connectivity index (χ2v) is 4.02. The molecule has 0 aliphatic carbocycles. The first-order valence-corrected chi connectivity index (χ1v) is 5.77. The van der Waals surface area contributed by atoms with Gasteiger partial charge in [-0.15, -0.1) is 10.2 Å². The zero-order valence-corrected chi connectivity index (χ0v) is 10.9. The van der Waals surface area contributed by atoms with Crippen LogP contribution in [-0.2, 0) is 0 Å². The fraction of sp³-hybridized carbons (Fsp3) is 0. The van der Waals surface area contributed by atoms with Crippen LogP contribution >= 0.6 is 0 Å². The van der Waals surface area contributed by atoms with Gasteiger partial charge in [0.1, 0.15) is 6.29 Å². The topological polar surface area (TPSA) is 71.5 Å². The molecule has 3 rings (SSSR count). The molecule has 0 spiro atoms. The maximum Gasteiger partial charge on any atom is 1.00 e. The molecule has 1 aromatic heterocycles. The molecular weight excluding hydrogens is 247 g/mol. The fourth-order valence-corrected chi connectivity index (χ4v) is 1.95. The van der Waals surface area contributed by atoms with E-state index >= 15 is 0 Å². The van der Waals surface area contributed by atoms with Gasteiger partial charge >= 0.3 is 18.9 Å². The largest absolute Gasteiger partial charge is 1.00 e. The van der Waals surface area contributed by atoms with E-state index in [-0.39, 0.29) is 18.9 Å². The van der Waals surface area contributed by atoms with Crippen molar-refractivity contribution in [1.82, 2.24) is 20.6 Å². The van der Waals surface area contributed by atoms with E-state index in [2.05, 4.69) is 20.6 Å². The number of hydrogen-bond donors (Lipinski definition) is 1. The first-order chi connectivity index (χ1) is 9.38. The van der Waals surface area contributed by atoms with Gasteiger partial charge in [-0.3, -0.25) is 4.79 Å². The molecule has 0 saturated heterocycles. The first-order valence-electron chi connectivity index (χ1n) is 5.77. The summed E-state index contributed by atoms with van der Waals surface area (Å²) in [5.41, 5.74) is 3.56. The minimum atomic E-state index is 0. The molecule has 0 radical (unpaired) electrons. The summed E-state index contributed by atoms with van der Waals surface area (Å²) in [4.78, 5) is 10.7. The van der Waals surface area contributed by atoms with E-state index in [0.717, 1.165) is 23.0 Å². The number of nitrogens with one attached hydrogen (secondary N) is 1. The maximum atomic E-state index is 10.7.